The summed E-state index contributed by atoms with van der Waals surface area (Å²) in [5.41, 5.74) is 13.4. The zero-order valence-electron chi connectivity index (χ0n) is 24.5. The molecular formula is C42H33N. The van der Waals surface area contributed by atoms with Gasteiger partial charge in [-0.3, -0.25) is 0 Å². The predicted octanol–water partition coefficient (Wildman–Crippen LogP) is 11.9. The summed E-state index contributed by atoms with van der Waals surface area (Å²) in [5.74, 6) is 0. The number of fused-ring (bicyclic) bond motifs is 1. The maximum Gasteiger partial charge on any atom is 0.0540 e. The second-order valence-electron chi connectivity index (χ2n) is 11.1. The van der Waals surface area contributed by atoms with Crippen LogP contribution in [-0.2, 0) is 0 Å². The minimum Gasteiger partial charge on any atom is -0.310 e. The third-order valence-corrected chi connectivity index (χ3v) is 8.34. The van der Waals surface area contributed by atoms with Crippen molar-refractivity contribution in [1.82, 2.24) is 0 Å². The molecule has 0 aliphatic carbocycles. The zero-order valence-corrected chi connectivity index (χ0v) is 24.5. The molecule has 0 amide bonds. The molecule has 0 aliphatic heterocycles. The first-order chi connectivity index (χ1) is 21.2. The van der Waals surface area contributed by atoms with Crippen molar-refractivity contribution in [1.29, 1.82) is 0 Å². The Labute approximate surface area is 254 Å². The van der Waals surface area contributed by atoms with Gasteiger partial charge in [0.2, 0.25) is 0 Å². The Kier molecular flexibility index (Phi) is 7.07. The van der Waals surface area contributed by atoms with Gasteiger partial charge in [-0.25, -0.2) is 0 Å². The highest BCUT2D eigenvalue weighted by molar-refractivity contribution is 5.99. The highest BCUT2D eigenvalue weighted by Gasteiger charge is 2.17. The molecule has 0 aromatic heterocycles. The van der Waals surface area contributed by atoms with Crippen molar-refractivity contribution < 1.29 is 0 Å². The van der Waals surface area contributed by atoms with Crippen LogP contribution in [0, 0.1) is 13.8 Å². The maximum absolute atomic E-state index is 2.37. The number of benzene rings is 7. The molecule has 7 aromatic rings. The molecule has 0 atom stereocenters. The number of rotatable bonds is 6. The first-order valence-corrected chi connectivity index (χ1v) is 14.9. The van der Waals surface area contributed by atoms with Gasteiger partial charge in [0.15, 0.2) is 0 Å². The molecule has 43 heavy (non-hydrogen) atoms. The lowest BCUT2D eigenvalue weighted by Crippen LogP contribution is -2.10. The Morgan fingerprint density at radius 2 is 0.953 bits per heavy atom. The van der Waals surface area contributed by atoms with Gasteiger partial charge in [0, 0.05) is 16.8 Å². The van der Waals surface area contributed by atoms with E-state index in [-0.39, 0.29) is 0 Å². The first-order valence-electron chi connectivity index (χ1n) is 14.9. The van der Waals surface area contributed by atoms with Gasteiger partial charge in [0.1, 0.15) is 0 Å². The zero-order chi connectivity index (χ0) is 29.2. The summed E-state index contributed by atoms with van der Waals surface area (Å²) in [6, 6.07) is 59.0. The SMILES string of the molecule is Cc1ccccc1-c1ccc(-c2ccccc2-c2cccc(N(c3ccccc3)c3cccc4ccccc34)c2)cc1C. The normalized spacial score (nSPS) is 11.0. The van der Waals surface area contributed by atoms with E-state index in [4.69, 9.17) is 0 Å². The van der Waals surface area contributed by atoms with Crippen LogP contribution in [0.1, 0.15) is 11.1 Å². The molecular weight excluding hydrogens is 518 g/mol. The van der Waals surface area contributed by atoms with Gasteiger partial charge in [0.25, 0.3) is 0 Å². The molecule has 206 valence electrons. The van der Waals surface area contributed by atoms with Crippen LogP contribution in [-0.4, -0.2) is 0 Å². The Balaban J connectivity index is 1.34. The van der Waals surface area contributed by atoms with E-state index in [0.29, 0.717) is 0 Å². The van der Waals surface area contributed by atoms with Crippen LogP contribution >= 0.6 is 0 Å². The van der Waals surface area contributed by atoms with Gasteiger partial charge in [-0.05, 0) is 94.1 Å². The van der Waals surface area contributed by atoms with Crippen LogP contribution < -0.4 is 4.90 Å². The van der Waals surface area contributed by atoms with Gasteiger partial charge in [0.05, 0.1) is 5.69 Å². The van der Waals surface area contributed by atoms with E-state index >= 15 is 0 Å². The van der Waals surface area contributed by atoms with E-state index in [1.54, 1.807) is 0 Å². The summed E-state index contributed by atoms with van der Waals surface area (Å²) in [6.07, 6.45) is 0. The van der Waals surface area contributed by atoms with E-state index in [9.17, 15) is 0 Å². The summed E-state index contributed by atoms with van der Waals surface area (Å²) < 4.78 is 0. The average Bonchev–Trinajstić information content (AvgIpc) is 3.06. The molecule has 0 fully saturated rings. The molecule has 0 unspecified atom stereocenters. The van der Waals surface area contributed by atoms with E-state index in [2.05, 4.69) is 183 Å². The number of hydrogen-bond acceptors (Lipinski definition) is 1. The van der Waals surface area contributed by atoms with E-state index in [1.165, 1.54) is 55.3 Å². The lowest BCUT2D eigenvalue weighted by molar-refractivity contribution is 1.30. The van der Waals surface area contributed by atoms with Gasteiger partial charge in [-0.15, -0.1) is 0 Å². The minimum absolute atomic E-state index is 1.13. The van der Waals surface area contributed by atoms with Crippen LogP contribution in [0.15, 0.2) is 164 Å². The minimum atomic E-state index is 1.13. The number of nitrogens with zero attached hydrogens (tertiary/aromatic N) is 1. The molecule has 1 heteroatoms. The molecule has 0 spiro atoms. The van der Waals surface area contributed by atoms with Crippen LogP contribution in [0.3, 0.4) is 0 Å². The Bertz CT molecular complexity index is 2050. The number of aryl methyl sites for hydroxylation is 2. The molecule has 0 saturated carbocycles. The first kappa shape index (κ1) is 26.5. The van der Waals surface area contributed by atoms with Crippen molar-refractivity contribution >= 4 is 27.8 Å². The Morgan fingerprint density at radius 1 is 0.372 bits per heavy atom. The smallest absolute Gasteiger partial charge is 0.0540 e. The van der Waals surface area contributed by atoms with Gasteiger partial charge in [-0.1, -0.05) is 133 Å². The standard InChI is InChI=1S/C42H33N/c1-30-14-6-8-21-37(30)38-27-26-34(28-31(38)2)40-23-11-10-22-39(40)33-17-12-20-36(29-33)43(35-18-4-3-5-19-35)42-25-13-16-32-15-7-9-24-41(32)42/h3-29H,1-2H3. The van der Waals surface area contributed by atoms with Crippen molar-refractivity contribution in [3.8, 4) is 33.4 Å². The maximum atomic E-state index is 2.37. The molecule has 0 saturated heterocycles. The quantitative estimate of drug-likeness (QED) is 0.199. The average molecular weight is 552 g/mol. The fourth-order valence-electron chi connectivity index (χ4n) is 6.22. The molecule has 0 bridgehead atoms. The van der Waals surface area contributed by atoms with E-state index < -0.39 is 0 Å². The topological polar surface area (TPSA) is 3.24 Å². The summed E-state index contributed by atoms with van der Waals surface area (Å²) in [5, 5.41) is 2.45. The number of hydrogen-bond donors (Lipinski definition) is 0. The number of anilines is 3. The second kappa shape index (κ2) is 11.5. The van der Waals surface area contributed by atoms with Crippen molar-refractivity contribution in [2.24, 2.45) is 0 Å². The molecule has 0 radical (unpaired) electrons. The summed E-state index contributed by atoms with van der Waals surface area (Å²) in [4.78, 5) is 2.37. The molecule has 0 aliphatic rings. The van der Waals surface area contributed by atoms with Crippen LogP contribution in [0.2, 0.25) is 0 Å². The van der Waals surface area contributed by atoms with Crippen molar-refractivity contribution in [2.45, 2.75) is 13.8 Å². The Hall–Kier alpha value is -5.40. The van der Waals surface area contributed by atoms with E-state index in [0.717, 1.165) is 17.1 Å². The van der Waals surface area contributed by atoms with Crippen LogP contribution in [0.4, 0.5) is 17.1 Å². The summed E-state index contributed by atoms with van der Waals surface area (Å²) in [7, 11) is 0. The van der Waals surface area contributed by atoms with Crippen LogP contribution in [0.5, 0.6) is 0 Å². The lowest BCUT2D eigenvalue weighted by atomic mass is 9.90. The van der Waals surface area contributed by atoms with Crippen molar-refractivity contribution in [2.75, 3.05) is 4.90 Å². The molecule has 7 aromatic carbocycles. The van der Waals surface area contributed by atoms with E-state index in [1.807, 2.05) is 0 Å². The lowest BCUT2D eigenvalue weighted by Gasteiger charge is -2.27. The third kappa shape index (κ3) is 5.11. The molecule has 0 heterocycles. The third-order valence-electron chi connectivity index (χ3n) is 8.34. The number of para-hydroxylation sites is 1. The van der Waals surface area contributed by atoms with Gasteiger partial charge >= 0.3 is 0 Å². The molecule has 7 rings (SSSR count). The Morgan fingerprint density at radius 3 is 1.72 bits per heavy atom. The highest BCUT2D eigenvalue weighted by Crippen LogP contribution is 2.41. The second-order valence-corrected chi connectivity index (χ2v) is 11.1. The van der Waals surface area contributed by atoms with Crippen LogP contribution in [0.25, 0.3) is 44.2 Å². The fraction of sp³-hybridized carbons (Fsp3) is 0.0476. The summed E-state index contributed by atoms with van der Waals surface area (Å²) in [6.45, 7) is 4.40. The predicted molar refractivity (Wildman–Crippen MR) is 184 cm³/mol. The van der Waals surface area contributed by atoms with Gasteiger partial charge < -0.3 is 4.90 Å². The monoisotopic (exact) mass is 551 g/mol. The van der Waals surface area contributed by atoms with Crippen molar-refractivity contribution in [3.63, 3.8) is 0 Å². The molecule has 1 nitrogen and oxygen atoms in total. The summed E-state index contributed by atoms with van der Waals surface area (Å²) >= 11 is 0. The molecule has 0 N–H and O–H groups in total. The largest absolute Gasteiger partial charge is 0.310 e. The van der Waals surface area contributed by atoms with Crippen molar-refractivity contribution in [3.05, 3.63) is 175 Å². The van der Waals surface area contributed by atoms with Gasteiger partial charge in [-0.2, -0.15) is 0 Å². The fourth-order valence-corrected chi connectivity index (χ4v) is 6.22. The highest BCUT2D eigenvalue weighted by atomic mass is 15.1.